The van der Waals surface area contributed by atoms with E-state index >= 15 is 0 Å². The summed E-state index contributed by atoms with van der Waals surface area (Å²) < 4.78 is 1.62. The van der Waals surface area contributed by atoms with Gasteiger partial charge < -0.3 is 5.32 Å². The minimum atomic E-state index is -0.137. The highest BCUT2D eigenvalue weighted by atomic mass is 35.5. The fraction of sp³-hybridized carbons (Fsp3) is 0.286. The molecule has 2 aromatic carbocycles. The number of benzene rings is 2. The minimum Gasteiger partial charge on any atom is -0.325 e. The molecule has 3 rings (SSSR count). The Morgan fingerprint density at radius 3 is 2.71 bits per heavy atom. The molecule has 1 aromatic heterocycles. The van der Waals surface area contributed by atoms with Crippen LogP contribution in [-0.4, -0.2) is 21.2 Å². The maximum absolute atomic E-state index is 12.9. The highest BCUT2D eigenvalue weighted by Crippen LogP contribution is 2.23. The molecule has 0 saturated carbocycles. The van der Waals surface area contributed by atoms with Crippen LogP contribution in [0.5, 0.6) is 0 Å². The number of halogens is 1. The van der Waals surface area contributed by atoms with Gasteiger partial charge in [0.15, 0.2) is 5.16 Å². The van der Waals surface area contributed by atoms with Gasteiger partial charge in [0.05, 0.1) is 16.7 Å². The predicted molar refractivity (Wildman–Crippen MR) is 117 cm³/mol. The van der Waals surface area contributed by atoms with Gasteiger partial charge in [0.2, 0.25) is 5.91 Å². The summed E-state index contributed by atoms with van der Waals surface area (Å²) in [5.41, 5.74) is 2.30. The molecule has 0 aliphatic carbocycles. The molecule has 0 fully saturated rings. The number of anilines is 1. The third-order valence-corrected chi connectivity index (χ3v) is 5.54. The number of aromatic nitrogens is 2. The number of nitrogens with one attached hydrogen (secondary N) is 1. The number of hydrogen-bond acceptors (Lipinski definition) is 4. The fourth-order valence-corrected chi connectivity index (χ4v) is 4.07. The van der Waals surface area contributed by atoms with Crippen LogP contribution in [0.2, 0.25) is 5.02 Å². The first-order valence-electron chi connectivity index (χ1n) is 9.13. The van der Waals surface area contributed by atoms with Gasteiger partial charge in [-0.2, -0.15) is 0 Å². The van der Waals surface area contributed by atoms with Gasteiger partial charge in [-0.1, -0.05) is 48.5 Å². The monoisotopic (exact) mass is 415 g/mol. The summed E-state index contributed by atoms with van der Waals surface area (Å²) in [7, 11) is 0. The number of thioether (sulfide) groups is 1. The predicted octanol–water partition coefficient (Wildman–Crippen LogP) is 4.92. The first-order chi connectivity index (χ1) is 13.4. The van der Waals surface area contributed by atoms with Crippen LogP contribution in [-0.2, 0) is 11.2 Å². The molecule has 0 aliphatic heterocycles. The second-order valence-electron chi connectivity index (χ2n) is 6.67. The Balaban J connectivity index is 1.86. The zero-order valence-electron chi connectivity index (χ0n) is 16.0. The highest BCUT2D eigenvalue weighted by molar-refractivity contribution is 7.99. The van der Waals surface area contributed by atoms with E-state index in [2.05, 4.69) is 10.3 Å². The van der Waals surface area contributed by atoms with E-state index in [4.69, 9.17) is 11.6 Å². The van der Waals surface area contributed by atoms with Gasteiger partial charge in [-0.15, -0.1) is 0 Å². The van der Waals surface area contributed by atoms with Crippen molar-refractivity contribution in [3.05, 3.63) is 63.4 Å². The van der Waals surface area contributed by atoms with Gasteiger partial charge in [-0.25, -0.2) is 4.98 Å². The lowest BCUT2D eigenvalue weighted by Crippen LogP contribution is -2.25. The van der Waals surface area contributed by atoms with E-state index < -0.39 is 0 Å². The molecule has 0 bridgehead atoms. The van der Waals surface area contributed by atoms with Crippen LogP contribution in [0.25, 0.3) is 10.9 Å². The van der Waals surface area contributed by atoms with E-state index in [1.165, 1.54) is 11.8 Å². The van der Waals surface area contributed by atoms with Crippen molar-refractivity contribution >= 4 is 45.9 Å². The standard InChI is InChI=1S/C21H22ClN3O2S/c1-4-14-7-5-6-8-17(14)23-19(26)12-28-21-24-18-11-15(22)9-10-16(18)20(27)25(21)13(2)3/h5-11,13H,4,12H2,1-3H3,(H,23,26). The largest absolute Gasteiger partial charge is 0.325 e. The van der Waals surface area contributed by atoms with Crippen molar-refractivity contribution in [2.45, 2.75) is 38.4 Å². The molecule has 5 nitrogen and oxygen atoms in total. The first-order valence-corrected chi connectivity index (χ1v) is 10.5. The minimum absolute atomic E-state index is 0.0774. The number of para-hydroxylation sites is 1. The van der Waals surface area contributed by atoms with Crippen LogP contribution in [0, 0.1) is 0 Å². The van der Waals surface area contributed by atoms with Crippen molar-refractivity contribution in [3.63, 3.8) is 0 Å². The van der Waals surface area contributed by atoms with E-state index in [0.29, 0.717) is 21.1 Å². The molecule has 0 atom stereocenters. The molecule has 0 unspecified atom stereocenters. The highest BCUT2D eigenvalue weighted by Gasteiger charge is 2.16. The van der Waals surface area contributed by atoms with Crippen LogP contribution in [0.3, 0.4) is 0 Å². The van der Waals surface area contributed by atoms with Gasteiger partial charge in [0, 0.05) is 16.8 Å². The summed E-state index contributed by atoms with van der Waals surface area (Å²) in [4.78, 5) is 29.9. The number of amides is 1. The van der Waals surface area contributed by atoms with Crippen LogP contribution in [0.15, 0.2) is 52.4 Å². The van der Waals surface area contributed by atoms with Crippen LogP contribution in [0.1, 0.15) is 32.4 Å². The number of aryl methyl sites for hydroxylation is 1. The summed E-state index contributed by atoms with van der Waals surface area (Å²) in [6, 6.07) is 12.7. The summed E-state index contributed by atoms with van der Waals surface area (Å²) in [5.74, 6) is 0.0187. The second-order valence-corrected chi connectivity index (χ2v) is 8.05. The van der Waals surface area contributed by atoms with E-state index in [1.807, 2.05) is 45.0 Å². The van der Waals surface area contributed by atoms with Gasteiger partial charge in [0.25, 0.3) is 5.56 Å². The van der Waals surface area contributed by atoms with Crippen LogP contribution in [0.4, 0.5) is 5.69 Å². The summed E-state index contributed by atoms with van der Waals surface area (Å²) in [5, 5.41) is 4.49. The Kier molecular flexibility index (Phi) is 6.42. The van der Waals surface area contributed by atoms with Crippen molar-refractivity contribution in [1.82, 2.24) is 9.55 Å². The number of hydrogen-bond donors (Lipinski definition) is 1. The van der Waals surface area contributed by atoms with Gasteiger partial charge >= 0.3 is 0 Å². The molecule has 0 aliphatic rings. The average molecular weight is 416 g/mol. The van der Waals surface area contributed by atoms with Gasteiger partial charge in [0.1, 0.15) is 0 Å². The van der Waals surface area contributed by atoms with Crippen LogP contribution < -0.4 is 10.9 Å². The van der Waals surface area contributed by atoms with Crippen molar-refractivity contribution in [2.24, 2.45) is 0 Å². The fourth-order valence-electron chi connectivity index (χ4n) is 2.98. The van der Waals surface area contributed by atoms with Crippen molar-refractivity contribution < 1.29 is 4.79 Å². The third-order valence-electron chi connectivity index (χ3n) is 4.35. The zero-order valence-corrected chi connectivity index (χ0v) is 17.6. The van der Waals surface area contributed by atoms with E-state index in [-0.39, 0.29) is 23.3 Å². The Labute approximate surface area is 173 Å². The normalized spacial score (nSPS) is 11.2. The Morgan fingerprint density at radius 2 is 2.00 bits per heavy atom. The molecule has 3 aromatic rings. The zero-order chi connectivity index (χ0) is 20.3. The number of fused-ring (bicyclic) bond motifs is 1. The molecular formula is C21H22ClN3O2S. The molecule has 7 heteroatoms. The topological polar surface area (TPSA) is 64.0 Å². The van der Waals surface area contributed by atoms with Gasteiger partial charge in [-0.05, 0) is 50.1 Å². The second kappa shape index (κ2) is 8.80. The number of rotatable bonds is 6. The lowest BCUT2D eigenvalue weighted by Gasteiger charge is -2.16. The molecule has 0 saturated heterocycles. The molecule has 28 heavy (non-hydrogen) atoms. The maximum Gasteiger partial charge on any atom is 0.262 e. The number of carbonyl (C=O) groups is 1. The Bertz CT molecular complexity index is 1080. The maximum atomic E-state index is 12.9. The van der Waals surface area contributed by atoms with E-state index in [0.717, 1.165) is 17.7 Å². The number of nitrogens with zero attached hydrogens (tertiary/aromatic N) is 2. The van der Waals surface area contributed by atoms with E-state index in [1.54, 1.807) is 22.8 Å². The smallest absolute Gasteiger partial charge is 0.262 e. The molecule has 1 N–H and O–H groups in total. The van der Waals surface area contributed by atoms with E-state index in [9.17, 15) is 9.59 Å². The van der Waals surface area contributed by atoms with Gasteiger partial charge in [-0.3, -0.25) is 14.2 Å². The summed E-state index contributed by atoms with van der Waals surface area (Å²) >= 11 is 7.30. The lowest BCUT2D eigenvalue weighted by atomic mass is 10.1. The lowest BCUT2D eigenvalue weighted by molar-refractivity contribution is -0.113. The molecule has 146 valence electrons. The Morgan fingerprint density at radius 1 is 1.25 bits per heavy atom. The van der Waals surface area contributed by atoms with Crippen LogP contribution >= 0.6 is 23.4 Å². The van der Waals surface area contributed by atoms with Crippen molar-refractivity contribution in [3.8, 4) is 0 Å². The Hall–Kier alpha value is -2.31. The molecular weight excluding hydrogens is 394 g/mol. The quantitative estimate of drug-likeness (QED) is 0.458. The molecule has 1 heterocycles. The number of carbonyl (C=O) groups excluding carboxylic acids is 1. The van der Waals surface area contributed by atoms with Crippen molar-refractivity contribution in [1.29, 1.82) is 0 Å². The molecule has 0 spiro atoms. The molecule has 1 amide bonds. The summed E-state index contributed by atoms with van der Waals surface area (Å²) in [6.45, 7) is 5.89. The third kappa shape index (κ3) is 4.39. The summed E-state index contributed by atoms with van der Waals surface area (Å²) in [6.07, 6.45) is 0.837. The van der Waals surface area contributed by atoms with Crippen molar-refractivity contribution in [2.75, 3.05) is 11.1 Å². The molecule has 0 radical (unpaired) electrons. The SMILES string of the molecule is CCc1ccccc1NC(=O)CSc1nc2cc(Cl)ccc2c(=O)n1C(C)C. The average Bonchev–Trinajstić information content (AvgIpc) is 2.66. The first kappa shape index (κ1) is 20.4.